The van der Waals surface area contributed by atoms with E-state index < -0.39 is 21.8 Å². The zero-order valence-corrected chi connectivity index (χ0v) is 10.7. The molecule has 2 aromatic carbocycles. The average Bonchev–Trinajstić information content (AvgIpc) is 2.29. The van der Waals surface area contributed by atoms with Gasteiger partial charge in [-0.25, -0.2) is 8.78 Å². The van der Waals surface area contributed by atoms with Gasteiger partial charge in [-0.05, 0) is 42.3 Å². The van der Waals surface area contributed by atoms with E-state index in [1.807, 2.05) is 0 Å². The summed E-state index contributed by atoms with van der Waals surface area (Å²) in [5.74, 6) is -1.51. The van der Waals surface area contributed by atoms with Crippen LogP contribution in [0.15, 0.2) is 41.3 Å². The van der Waals surface area contributed by atoms with Crippen LogP contribution in [-0.2, 0) is 10.1 Å². The van der Waals surface area contributed by atoms with E-state index >= 15 is 0 Å². The Morgan fingerprint density at radius 2 is 1.68 bits per heavy atom. The lowest BCUT2D eigenvalue weighted by Gasteiger charge is -2.09. The van der Waals surface area contributed by atoms with Crippen molar-refractivity contribution in [1.82, 2.24) is 0 Å². The number of hydrogen-bond acceptors (Lipinski definition) is 2. The fraction of sp³-hybridized carbons (Fsp3) is 0.0769. The van der Waals surface area contributed by atoms with Crippen LogP contribution in [-0.4, -0.2) is 13.0 Å². The Hall–Kier alpha value is -1.79. The molecule has 6 heteroatoms. The van der Waals surface area contributed by atoms with E-state index in [0.29, 0.717) is 5.56 Å². The quantitative estimate of drug-likeness (QED) is 0.862. The second-order valence-corrected chi connectivity index (χ2v) is 5.50. The van der Waals surface area contributed by atoms with E-state index in [2.05, 4.69) is 0 Å². The Labute approximate surface area is 109 Å². The first kappa shape index (κ1) is 13.6. The third-order valence-corrected chi connectivity index (χ3v) is 3.58. The van der Waals surface area contributed by atoms with Crippen molar-refractivity contribution in [3.8, 4) is 11.1 Å². The molecule has 1 N–H and O–H groups in total. The van der Waals surface area contributed by atoms with Crippen LogP contribution >= 0.6 is 0 Å². The molecule has 0 aliphatic carbocycles. The maximum Gasteiger partial charge on any atom is 0.294 e. The first-order valence-corrected chi connectivity index (χ1v) is 6.76. The van der Waals surface area contributed by atoms with Gasteiger partial charge in [0, 0.05) is 11.6 Å². The van der Waals surface area contributed by atoms with Gasteiger partial charge >= 0.3 is 0 Å². The molecule has 100 valence electrons. The minimum absolute atomic E-state index is 0.0735. The molecule has 0 fully saturated rings. The van der Waals surface area contributed by atoms with Crippen LogP contribution in [0.1, 0.15) is 5.56 Å². The molecular formula is C13H10F2O3S. The van der Waals surface area contributed by atoms with Gasteiger partial charge in [0.25, 0.3) is 10.1 Å². The number of halogens is 2. The maximum atomic E-state index is 13.7. The van der Waals surface area contributed by atoms with Crippen molar-refractivity contribution in [2.75, 3.05) is 0 Å². The van der Waals surface area contributed by atoms with E-state index in [1.165, 1.54) is 18.2 Å². The van der Waals surface area contributed by atoms with Gasteiger partial charge in [-0.1, -0.05) is 6.07 Å². The van der Waals surface area contributed by atoms with Gasteiger partial charge in [-0.3, -0.25) is 4.55 Å². The van der Waals surface area contributed by atoms with Crippen LogP contribution in [0.4, 0.5) is 8.78 Å². The van der Waals surface area contributed by atoms with Crippen molar-refractivity contribution < 1.29 is 21.8 Å². The second-order valence-electron chi connectivity index (χ2n) is 4.08. The van der Waals surface area contributed by atoms with Gasteiger partial charge in [0.2, 0.25) is 0 Å². The molecule has 0 spiro atoms. The molecule has 0 saturated heterocycles. The summed E-state index contributed by atoms with van der Waals surface area (Å²) in [7, 11) is -4.37. The molecule has 3 nitrogen and oxygen atoms in total. The Kier molecular flexibility index (Phi) is 3.38. The SMILES string of the molecule is Cc1ccc(S(=O)(=O)O)cc1-c1ccc(F)cc1F. The van der Waals surface area contributed by atoms with Crippen molar-refractivity contribution in [3.05, 3.63) is 53.6 Å². The van der Waals surface area contributed by atoms with Crippen LogP contribution in [0, 0.1) is 18.6 Å². The van der Waals surface area contributed by atoms with E-state index in [9.17, 15) is 17.2 Å². The van der Waals surface area contributed by atoms with Crippen molar-refractivity contribution >= 4 is 10.1 Å². The fourth-order valence-corrected chi connectivity index (χ4v) is 2.27. The lowest BCUT2D eigenvalue weighted by Crippen LogP contribution is -1.99. The Morgan fingerprint density at radius 3 is 2.26 bits per heavy atom. The molecule has 0 heterocycles. The average molecular weight is 284 g/mol. The van der Waals surface area contributed by atoms with E-state index in [1.54, 1.807) is 6.92 Å². The lowest BCUT2D eigenvalue weighted by molar-refractivity contribution is 0.483. The summed E-state index contributed by atoms with van der Waals surface area (Å²) in [5.41, 5.74) is 0.968. The summed E-state index contributed by atoms with van der Waals surface area (Å²) in [6, 6.07) is 6.84. The summed E-state index contributed by atoms with van der Waals surface area (Å²) in [6.45, 7) is 1.66. The van der Waals surface area contributed by atoms with Gasteiger partial charge < -0.3 is 0 Å². The highest BCUT2D eigenvalue weighted by Gasteiger charge is 2.14. The number of benzene rings is 2. The number of rotatable bonds is 2. The molecule has 2 aromatic rings. The van der Waals surface area contributed by atoms with Crippen molar-refractivity contribution in [2.24, 2.45) is 0 Å². The van der Waals surface area contributed by atoms with E-state index in [4.69, 9.17) is 4.55 Å². The maximum absolute atomic E-state index is 13.7. The van der Waals surface area contributed by atoms with Crippen LogP contribution in [0.25, 0.3) is 11.1 Å². The van der Waals surface area contributed by atoms with Gasteiger partial charge in [0.05, 0.1) is 4.90 Å². The van der Waals surface area contributed by atoms with Gasteiger partial charge in [-0.15, -0.1) is 0 Å². The Morgan fingerprint density at radius 1 is 1.00 bits per heavy atom. The summed E-state index contributed by atoms with van der Waals surface area (Å²) < 4.78 is 57.7. The molecule has 0 amide bonds. The standard InChI is InChI=1S/C13H10F2O3S/c1-8-2-4-10(19(16,17)18)7-12(8)11-5-3-9(14)6-13(11)15/h2-7H,1H3,(H,16,17,18). The molecule has 0 radical (unpaired) electrons. The van der Waals surface area contributed by atoms with Crippen LogP contribution in [0.2, 0.25) is 0 Å². The summed E-state index contributed by atoms with van der Waals surface area (Å²) >= 11 is 0. The van der Waals surface area contributed by atoms with Gasteiger partial charge in [-0.2, -0.15) is 8.42 Å². The second kappa shape index (κ2) is 4.71. The molecule has 2 rings (SSSR count). The molecule has 0 bridgehead atoms. The number of hydrogen-bond donors (Lipinski definition) is 1. The summed E-state index contributed by atoms with van der Waals surface area (Å²) in [6.07, 6.45) is 0. The third-order valence-electron chi connectivity index (χ3n) is 2.73. The number of aryl methyl sites for hydroxylation is 1. The zero-order chi connectivity index (χ0) is 14.2. The van der Waals surface area contributed by atoms with Gasteiger partial charge in [0.1, 0.15) is 11.6 Å². The molecule has 0 aliphatic rings. The molecule has 0 aliphatic heterocycles. The Bertz CT molecular complexity index is 740. The van der Waals surface area contributed by atoms with Crippen LogP contribution in [0.5, 0.6) is 0 Å². The van der Waals surface area contributed by atoms with Crippen molar-refractivity contribution in [2.45, 2.75) is 11.8 Å². The predicted molar refractivity (Wildman–Crippen MR) is 66.3 cm³/mol. The first-order chi connectivity index (χ1) is 8.79. The zero-order valence-electron chi connectivity index (χ0n) is 9.89. The summed E-state index contributed by atoms with van der Waals surface area (Å²) in [4.78, 5) is -0.336. The van der Waals surface area contributed by atoms with E-state index in [-0.39, 0.29) is 16.0 Å². The third kappa shape index (κ3) is 2.80. The minimum Gasteiger partial charge on any atom is -0.282 e. The van der Waals surface area contributed by atoms with Crippen LogP contribution in [0.3, 0.4) is 0 Å². The molecule has 0 unspecified atom stereocenters. The van der Waals surface area contributed by atoms with Crippen LogP contribution < -0.4 is 0 Å². The molecular weight excluding hydrogens is 274 g/mol. The topological polar surface area (TPSA) is 54.4 Å². The highest BCUT2D eigenvalue weighted by atomic mass is 32.2. The predicted octanol–water partition coefficient (Wildman–Crippen LogP) is 3.19. The highest BCUT2D eigenvalue weighted by Crippen LogP contribution is 2.28. The minimum atomic E-state index is -4.37. The van der Waals surface area contributed by atoms with Gasteiger partial charge in [0.15, 0.2) is 0 Å². The molecule has 0 saturated carbocycles. The lowest BCUT2D eigenvalue weighted by atomic mass is 10.0. The fourth-order valence-electron chi connectivity index (χ4n) is 1.76. The molecule has 0 aromatic heterocycles. The normalized spacial score (nSPS) is 11.6. The Balaban J connectivity index is 2.68. The smallest absolute Gasteiger partial charge is 0.282 e. The largest absolute Gasteiger partial charge is 0.294 e. The molecule has 19 heavy (non-hydrogen) atoms. The van der Waals surface area contributed by atoms with Crippen molar-refractivity contribution in [3.63, 3.8) is 0 Å². The van der Waals surface area contributed by atoms with Crippen molar-refractivity contribution in [1.29, 1.82) is 0 Å². The first-order valence-electron chi connectivity index (χ1n) is 5.32. The monoisotopic (exact) mass is 284 g/mol. The highest BCUT2D eigenvalue weighted by molar-refractivity contribution is 7.85. The molecule has 0 atom stereocenters. The summed E-state index contributed by atoms with van der Waals surface area (Å²) in [5, 5.41) is 0. The van der Waals surface area contributed by atoms with E-state index in [0.717, 1.165) is 18.2 Å².